The maximum Gasteiger partial charge on any atom is 0.267 e. The van der Waals surface area contributed by atoms with Gasteiger partial charge in [0, 0.05) is 5.56 Å². The lowest BCUT2D eigenvalue weighted by Gasteiger charge is -1.94. The van der Waals surface area contributed by atoms with E-state index >= 15 is 0 Å². The molecule has 2 aromatic heterocycles. The highest BCUT2D eigenvalue weighted by atomic mass is 16.3. The Morgan fingerprint density at radius 3 is 1.81 bits per heavy atom. The highest BCUT2D eigenvalue weighted by Crippen LogP contribution is 2.03. The van der Waals surface area contributed by atoms with Gasteiger partial charge in [0.25, 0.3) is 5.43 Å². The highest BCUT2D eigenvalue weighted by Gasteiger charge is 2.13. The van der Waals surface area contributed by atoms with E-state index in [4.69, 9.17) is 5.11 Å². The Morgan fingerprint density at radius 1 is 1.00 bits per heavy atom. The van der Waals surface area contributed by atoms with Gasteiger partial charge in [-0.2, -0.15) is 10.2 Å². The first-order valence-electron chi connectivity index (χ1n) is 5.99. The molecular formula is C12H16N6O3. The lowest BCUT2D eigenvalue weighted by atomic mass is 10.1. The molecule has 0 atom stereocenters. The van der Waals surface area contributed by atoms with E-state index in [1.165, 1.54) is 13.3 Å². The van der Waals surface area contributed by atoms with Crippen molar-refractivity contribution in [2.24, 2.45) is 0 Å². The van der Waals surface area contributed by atoms with Gasteiger partial charge in [0.05, 0.1) is 0 Å². The Hall–Kier alpha value is -2.84. The lowest BCUT2D eigenvalue weighted by Crippen LogP contribution is -2.32. The van der Waals surface area contributed by atoms with Crippen molar-refractivity contribution in [3.8, 4) is 5.75 Å². The quantitative estimate of drug-likeness (QED) is 0.489. The SMILES string of the molecule is Cc1c(O)c(=O)c1=O.Cc1n[nH]c(C)n1.Cc1ncn[nH]1. The lowest BCUT2D eigenvalue weighted by molar-refractivity contribution is 0.457. The molecule has 3 aromatic rings. The maximum atomic E-state index is 10.2. The molecule has 3 rings (SSSR count). The van der Waals surface area contributed by atoms with E-state index in [-0.39, 0.29) is 11.3 Å². The van der Waals surface area contributed by atoms with Crippen LogP contribution in [0.2, 0.25) is 0 Å². The van der Waals surface area contributed by atoms with Gasteiger partial charge in [0.2, 0.25) is 5.43 Å². The van der Waals surface area contributed by atoms with Crippen LogP contribution in [0.25, 0.3) is 0 Å². The zero-order chi connectivity index (χ0) is 16.0. The number of H-pyrrole nitrogens is 2. The van der Waals surface area contributed by atoms with Gasteiger partial charge in [-0.05, 0) is 27.7 Å². The molecule has 0 unspecified atom stereocenters. The fourth-order valence-electron chi connectivity index (χ4n) is 1.21. The summed E-state index contributed by atoms with van der Waals surface area (Å²) in [6.45, 7) is 7.00. The number of aryl methyl sites for hydroxylation is 3. The first kappa shape index (κ1) is 16.2. The molecule has 0 fully saturated rings. The van der Waals surface area contributed by atoms with Crippen LogP contribution in [-0.4, -0.2) is 35.5 Å². The zero-order valence-electron chi connectivity index (χ0n) is 12.1. The topological polar surface area (TPSA) is 138 Å². The van der Waals surface area contributed by atoms with E-state index in [0.29, 0.717) is 0 Å². The third-order valence-electron chi connectivity index (χ3n) is 2.36. The summed E-state index contributed by atoms with van der Waals surface area (Å²) in [5.74, 6) is 2.15. The van der Waals surface area contributed by atoms with Gasteiger partial charge in [0.15, 0.2) is 5.75 Å². The van der Waals surface area contributed by atoms with Gasteiger partial charge >= 0.3 is 0 Å². The number of aromatic nitrogens is 6. The summed E-state index contributed by atoms with van der Waals surface area (Å²) in [5, 5.41) is 21.2. The Bertz CT molecular complexity index is 706. The predicted molar refractivity (Wildman–Crippen MR) is 74.7 cm³/mol. The molecule has 2 heterocycles. The molecule has 0 radical (unpaired) electrons. The first-order chi connectivity index (χ1) is 9.82. The van der Waals surface area contributed by atoms with Gasteiger partial charge < -0.3 is 5.11 Å². The van der Waals surface area contributed by atoms with Crippen molar-refractivity contribution < 1.29 is 5.11 Å². The Morgan fingerprint density at radius 2 is 1.67 bits per heavy atom. The van der Waals surface area contributed by atoms with E-state index in [9.17, 15) is 9.59 Å². The molecule has 0 amide bonds. The summed E-state index contributed by atoms with van der Waals surface area (Å²) in [6, 6.07) is 0. The number of aromatic hydroxyl groups is 1. The molecule has 1 aromatic carbocycles. The van der Waals surface area contributed by atoms with E-state index in [1.54, 1.807) is 0 Å². The molecule has 9 heteroatoms. The molecule has 0 bridgehead atoms. The van der Waals surface area contributed by atoms with Crippen molar-refractivity contribution >= 4 is 0 Å². The minimum absolute atomic E-state index is 0.176. The molecule has 112 valence electrons. The largest absolute Gasteiger partial charge is 0.504 e. The summed E-state index contributed by atoms with van der Waals surface area (Å²) in [6.07, 6.45) is 1.48. The molecule has 0 spiro atoms. The highest BCUT2D eigenvalue weighted by molar-refractivity contribution is 5.36. The van der Waals surface area contributed by atoms with Gasteiger partial charge in [0.1, 0.15) is 23.8 Å². The molecular weight excluding hydrogens is 276 g/mol. The molecule has 3 N–H and O–H groups in total. The third-order valence-corrected chi connectivity index (χ3v) is 2.36. The van der Waals surface area contributed by atoms with Gasteiger partial charge in [-0.3, -0.25) is 19.8 Å². The van der Waals surface area contributed by atoms with Gasteiger partial charge in [-0.25, -0.2) is 9.97 Å². The number of hydrogen-bond donors (Lipinski definition) is 3. The second-order valence-electron chi connectivity index (χ2n) is 4.17. The number of nitrogens with one attached hydrogen (secondary N) is 2. The van der Waals surface area contributed by atoms with Crippen LogP contribution in [0.4, 0.5) is 0 Å². The van der Waals surface area contributed by atoms with Crippen molar-refractivity contribution in [2.45, 2.75) is 27.7 Å². The van der Waals surface area contributed by atoms with Crippen molar-refractivity contribution in [3.63, 3.8) is 0 Å². The zero-order valence-corrected chi connectivity index (χ0v) is 12.1. The van der Waals surface area contributed by atoms with Crippen LogP contribution in [0.15, 0.2) is 15.9 Å². The number of nitrogens with zero attached hydrogens (tertiary/aromatic N) is 4. The maximum absolute atomic E-state index is 10.2. The number of hydrogen-bond acceptors (Lipinski definition) is 7. The van der Waals surface area contributed by atoms with Crippen LogP contribution in [0.5, 0.6) is 5.75 Å². The second kappa shape index (κ2) is 7.08. The van der Waals surface area contributed by atoms with Gasteiger partial charge in [-0.1, -0.05) is 0 Å². The molecule has 0 saturated heterocycles. The summed E-state index contributed by atoms with van der Waals surface area (Å²) in [5.41, 5.74) is -1.15. The first-order valence-corrected chi connectivity index (χ1v) is 5.99. The van der Waals surface area contributed by atoms with Crippen LogP contribution < -0.4 is 10.9 Å². The summed E-state index contributed by atoms with van der Waals surface area (Å²) in [7, 11) is 0. The summed E-state index contributed by atoms with van der Waals surface area (Å²) >= 11 is 0. The van der Waals surface area contributed by atoms with E-state index in [0.717, 1.165) is 17.5 Å². The van der Waals surface area contributed by atoms with Crippen molar-refractivity contribution in [3.05, 3.63) is 49.8 Å². The molecule has 0 aliphatic rings. The monoisotopic (exact) mass is 292 g/mol. The van der Waals surface area contributed by atoms with Crippen LogP contribution in [-0.2, 0) is 0 Å². The van der Waals surface area contributed by atoms with E-state index in [2.05, 4.69) is 30.4 Å². The predicted octanol–water partition coefficient (Wildman–Crippen LogP) is -0.169. The third kappa shape index (κ3) is 4.64. The minimum atomic E-state index is -0.762. The summed E-state index contributed by atoms with van der Waals surface area (Å²) < 4.78 is 0. The minimum Gasteiger partial charge on any atom is -0.504 e. The van der Waals surface area contributed by atoms with Crippen LogP contribution in [0.1, 0.15) is 23.0 Å². The molecule has 0 saturated carbocycles. The smallest absolute Gasteiger partial charge is 0.267 e. The number of aromatic amines is 2. The Kier molecular flexibility index (Phi) is 5.47. The average molecular weight is 292 g/mol. The Labute approximate surface area is 119 Å². The van der Waals surface area contributed by atoms with Gasteiger partial charge in [-0.15, -0.1) is 0 Å². The van der Waals surface area contributed by atoms with Crippen molar-refractivity contribution in [2.75, 3.05) is 0 Å². The fraction of sp³-hybridized carbons (Fsp3) is 0.333. The van der Waals surface area contributed by atoms with Crippen molar-refractivity contribution in [1.82, 2.24) is 30.4 Å². The standard InChI is InChI=1S/C5H4O3.C4H7N3.C3H5N3/c1-2-3(6)5(8)4(2)7;1-3-5-4(2)7-6-3;1-3-4-2-5-6-3/h6H,1H3;1-2H3,(H,5,6,7);2H,1H3,(H,4,5,6). The Balaban J connectivity index is 0.000000159. The molecule has 0 aliphatic heterocycles. The van der Waals surface area contributed by atoms with Crippen LogP contribution >= 0.6 is 0 Å². The van der Waals surface area contributed by atoms with E-state index < -0.39 is 10.9 Å². The summed E-state index contributed by atoms with van der Waals surface area (Å²) in [4.78, 5) is 28.0. The average Bonchev–Trinajstić information content (AvgIpc) is 3.09. The van der Waals surface area contributed by atoms with Crippen molar-refractivity contribution in [1.29, 1.82) is 0 Å². The normalized spacial score (nSPS) is 9.52. The fourth-order valence-corrected chi connectivity index (χ4v) is 1.21. The molecule has 21 heavy (non-hydrogen) atoms. The van der Waals surface area contributed by atoms with E-state index in [1.807, 2.05) is 20.8 Å². The number of rotatable bonds is 0. The molecule has 9 nitrogen and oxygen atoms in total. The van der Waals surface area contributed by atoms with Crippen LogP contribution in [0, 0.1) is 27.7 Å². The molecule has 0 aliphatic carbocycles. The van der Waals surface area contributed by atoms with Crippen LogP contribution in [0.3, 0.4) is 0 Å². The second-order valence-corrected chi connectivity index (χ2v) is 4.17.